The maximum absolute atomic E-state index is 11.3. The molecule has 3 heterocycles. The third-order valence-corrected chi connectivity index (χ3v) is 3.47. The average molecular weight is 244 g/mol. The molecule has 2 fully saturated rings. The second-order valence-electron chi connectivity index (χ2n) is 4.90. The Morgan fingerprint density at radius 2 is 1.83 bits per heavy atom. The minimum absolute atomic E-state index is 0.279. The van der Waals surface area contributed by atoms with Crippen LogP contribution in [-0.2, 0) is 22.3 Å². The van der Waals surface area contributed by atoms with Crippen molar-refractivity contribution in [1.82, 2.24) is 0 Å². The van der Waals surface area contributed by atoms with Crippen LogP contribution in [0.25, 0.3) is 0 Å². The van der Waals surface area contributed by atoms with E-state index >= 15 is 0 Å². The lowest BCUT2D eigenvalue weighted by Gasteiger charge is -2.06. The van der Waals surface area contributed by atoms with E-state index in [4.69, 9.17) is 9.47 Å². The zero-order chi connectivity index (χ0) is 12.1. The van der Waals surface area contributed by atoms with E-state index in [-0.39, 0.29) is 6.10 Å². The van der Waals surface area contributed by atoms with Crippen molar-refractivity contribution in [3.8, 4) is 0 Å². The minimum atomic E-state index is -0.400. The molecule has 18 heavy (non-hydrogen) atoms. The second kappa shape index (κ2) is 3.70. The topological polar surface area (TPSA) is 66.8 Å². The summed E-state index contributed by atoms with van der Waals surface area (Å²) in [5, 5.41) is 1.43. The molecule has 1 aromatic carbocycles. The first-order valence-electron chi connectivity index (χ1n) is 6.15. The van der Waals surface area contributed by atoms with Gasteiger partial charge >= 0.3 is 6.03 Å². The van der Waals surface area contributed by atoms with Gasteiger partial charge in [-0.3, -0.25) is 0 Å². The molecule has 0 aliphatic carbocycles. The fourth-order valence-corrected chi connectivity index (χ4v) is 2.37. The molecule has 5 heteroatoms. The zero-order valence-electron chi connectivity index (χ0n) is 9.76. The van der Waals surface area contributed by atoms with Gasteiger partial charge in [0.05, 0.1) is 36.1 Å². The molecule has 1 aromatic rings. The number of carbonyl (C=O) groups is 1. The predicted octanol–water partition coefficient (Wildman–Crippen LogP) is -0.0580. The van der Waals surface area contributed by atoms with Crippen LogP contribution in [0.5, 0.6) is 0 Å². The highest BCUT2D eigenvalue weighted by Gasteiger charge is 2.29. The van der Waals surface area contributed by atoms with Crippen molar-refractivity contribution in [2.24, 2.45) is 9.98 Å². The van der Waals surface area contributed by atoms with Crippen molar-refractivity contribution in [3.05, 3.63) is 34.0 Å². The van der Waals surface area contributed by atoms with Crippen LogP contribution in [0.2, 0.25) is 0 Å². The van der Waals surface area contributed by atoms with E-state index in [1.807, 2.05) is 12.1 Å². The number of epoxide rings is 2. The fraction of sp³-hybridized carbons (Fsp3) is 0.462. The second-order valence-corrected chi connectivity index (χ2v) is 4.90. The average Bonchev–Trinajstić information content (AvgIpc) is 3.23. The molecule has 0 saturated carbocycles. The molecule has 2 saturated heterocycles. The van der Waals surface area contributed by atoms with Gasteiger partial charge in [0.25, 0.3) is 0 Å². The van der Waals surface area contributed by atoms with E-state index in [1.54, 1.807) is 0 Å². The van der Waals surface area contributed by atoms with Gasteiger partial charge in [0, 0.05) is 12.8 Å². The van der Waals surface area contributed by atoms with Crippen molar-refractivity contribution < 1.29 is 14.3 Å². The maximum atomic E-state index is 11.3. The lowest BCUT2D eigenvalue weighted by atomic mass is 9.98. The van der Waals surface area contributed by atoms with Crippen LogP contribution in [0, 0.1) is 0 Å². The first-order chi connectivity index (χ1) is 8.79. The van der Waals surface area contributed by atoms with Crippen molar-refractivity contribution in [3.63, 3.8) is 0 Å². The quantitative estimate of drug-likeness (QED) is 0.697. The molecule has 0 bridgehead atoms. The summed E-state index contributed by atoms with van der Waals surface area (Å²) in [5.41, 5.74) is 2.32. The van der Waals surface area contributed by atoms with Crippen LogP contribution < -0.4 is 10.7 Å². The zero-order valence-corrected chi connectivity index (χ0v) is 9.76. The summed E-state index contributed by atoms with van der Waals surface area (Å²) in [6.45, 7) is 1.63. The molecule has 2 atom stereocenters. The Morgan fingerprint density at radius 1 is 1.11 bits per heavy atom. The predicted molar refractivity (Wildman–Crippen MR) is 61.0 cm³/mol. The number of ether oxygens (including phenoxy) is 2. The monoisotopic (exact) mass is 244 g/mol. The highest BCUT2D eigenvalue weighted by molar-refractivity contribution is 5.77. The van der Waals surface area contributed by atoms with E-state index < -0.39 is 6.03 Å². The van der Waals surface area contributed by atoms with Crippen LogP contribution in [-0.4, -0.2) is 31.5 Å². The Kier molecular flexibility index (Phi) is 2.13. The molecule has 5 nitrogen and oxygen atoms in total. The van der Waals surface area contributed by atoms with Gasteiger partial charge in [-0.1, -0.05) is 6.07 Å². The Labute approximate surface area is 103 Å². The Hall–Kier alpha value is -1.59. The Balaban J connectivity index is 1.82. The number of hydrogen-bond donors (Lipinski definition) is 0. The molecule has 0 spiro atoms. The minimum Gasteiger partial charge on any atom is -0.373 e. The number of amides is 2. The standard InChI is InChI=1S/C13H12N2O3/c16-13-14-11-2-1-7(3-8-5-17-8)10(12(11)15-13)4-9-6-18-9/h1-2,8-9H,3-6H2. The van der Waals surface area contributed by atoms with Crippen LogP contribution in [0.15, 0.2) is 22.1 Å². The highest BCUT2D eigenvalue weighted by Crippen LogP contribution is 2.21. The maximum Gasteiger partial charge on any atom is 0.368 e. The Bertz CT molecular complexity index is 645. The SMILES string of the molecule is O=C1N=c2ccc(CC3CO3)c(CC3CO3)c2=N1. The van der Waals surface area contributed by atoms with Crippen molar-refractivity contribution in [2.75, 3.05) is 13.2 Å². The molecule has 3 aliphatic heterocycles. The molecular formula is C13H12N2O3. The van der Waals surface area contributed by atoms with Crippen LogP contribution in [0.4, 0.5) is 4.79 Å². The van der Waals surface area contributed by atoms with E-state index in [0.29, 0.717) is 11.5 Å². The number of fused-ring (bicyclic) bond motifs is 1. The summed E-state index contributed by atoms with van der Waals surface area (Å²) in [7, 11) is 0. The Morgan fingerprint density at radius 3 is 2.56 bits per heavy atom. The van der Waals surface area contributed by atoms with Gasteiger partial charge in [-0.25, -0.2) is 4.79 Å². The number of hydrogen-bond acceptors (Lipinski definition) is 3. The molecule has 3 aliphatic rings. The molecule has 0 aromatic heterocycles. The number of carbonyl (C=O) groups excluding carboxylic acids is 1. The van der Waals surface area contributed by atoms with Crippen molar-refractivity contribution in [2.45, 2.75) is 25.0 Å². The van der Waals surface area contributed by atoms with Crippen LogP contribution in [0.1, 0.15) is 11.1 Å². The largest absolute Gasteiger partial charge is 0.373 e. The number of nitrogens with zero attached hydrogens (tertiary/aromatic N) is 2. The number of rotatable bonds is 4. The normalized spacial score (nSPS) is 27.4. The van der Waals surface area contributed by atoms with Crippen molar-refractivity contribution >= 4 is 6.03 Å². The van der Waals surface area contributed by atoms with Gasteiger partial charge in [-0.15, -0.1) is 0 Å². The molecule has 0 N–H and O–H groups in total. The lowest BCUT2D eigenvalue weighted by Crippen LogP contribution is -2.29. The first kappa shape index (κ1) is 10.3. The van der Waals surface area contributed by atoms with E-state index in [0.717, 1.165) is 37.0 Å². The fourth-order valence-electron chi connectivity index (χ4n) is 2.37. The number of benzene rings is 1. The smallest absolute Gasteiger partial charge is 0.368 e. The van der Waals surface area contributed by atoms with Crippen molar-refractivity contribution in [1.29, 1.82) is 0 Å². The van der Waals surface area contributed by atoms with Crippen LogP contribution >= 0.6 is 0 Å². The van der Waals surface area contributed by atoms with Gasteiger partial charge < -0.3 is 9.47 Å². The summed E-state index contributed by atoms with van der Waals surface area (Å²) in [6.07, 6.45) is 2.31. The third kappa shape index (κ3) is 1.85. The van der Waals surface area contributed by atoms with Gasteiger partial charge in [0.15, 0.2) is 0 Å². The summed E-state index contributed by atoms with van der Waals surface area (Å²) < 4.78 is 10.6. The summed E-state index contributed by atoms with van der Waals surface area (Å²) in [4.78, 5) is 19.2. The van der Waals surface area contributed by atoms with E-state index in [9.17, 15) is 4.79 Å². The summed E-state index contributed by atoms with van der Waals surface area (Å²) >= 11 is 0. The van der Waals surface area contributed by atoms with Gasteiger partial charge in [0.2, 0.25) is 0 Å². The van der Waals surface area contributed by atoms with Gasteiger partial charge in [0.1, 0.15) is 0 Å². The molecule has 2 unspecified atom stereocenters. The first-order valence-corrected chi connectivity index (χ1v) is 6.15. The summed E-state index contributed by atoms with van der Waals surface area (Å²) in [5.74, 6) is 0. The molecular weight excluding hydrogens is 232 g/mol. The summed E-state index contributed by atoms with van der Waals surface area (Å²) in [6, 6.07) is 3.51. The van der Waals surface area contributed by atoms with E-state index in [1.165, 1.54) is 5.56 Å². The molecule has 92 valence electrons. The van der Waals surface area contributed by atoms with Gasteiger partial charge in [-0.2, -0.15) is 9.98 Å². The third-order valence-electron chi connectivity index (χ3n) is 3.47. The lowest BCUT2D eigenvalue weighted by molar-refractivity contribution is 0.256. The molecule has 0 radical (unpaired) electrons. The molecule has 4 rings (SSSR count). The number of urea groups is 1. The van der Waals surface area contributed by atoms with Gasteiger partial charge in [-0.05, 0) is 17.2 Å². The van der Waals surface area contributed by atoms with E-state index in [2.05, 4.69) is 9.98 Å². The highest BCUT2D eigenvalue weighted by atomic mass is 16.6. The van der Waals surface area contributed by atoms with Crippen LogP contribution in [0.3, 0.4) is 0 Å². The molecule has 2 amide bonds.